The van der Waals surface area contributed by atoms with Crippen LogP contribution in [0.5, 0.6) is 0 Å². The number of H-pyrrole nitrogens is 1. The van der Waals surface area contributed by atoms with Gasteiger partial charge >= 0.3 is 0 Å². The molecule has 1 N–H and O–H groups in total. The van der Waals surface area contributed by atoms with Crippen LogP contribution in [0.15, 0.2) is 41.5 Å². The van der Waals surface area contributed by atoms with E-state index in [-0.39, 0.29) is 15.4 Å². The molecule has 1 fully saturated rings. The number of nitro groups is 1. The average Bonchev–Trinajstić information content (AvgIpc) is 3.36. The molecule has 3 aromatic rings. The first-order valence-electron chi connectivity index (χ1n) is 9.14. The van der Waals surface area contributed by atoms with E-state index in [4.69, 9.17) is 35.4 Å². The number of nitrogens with zero attached hydrogens (tertiary/aromatic N) is 5. The van der Waals surface area contributed by atoms with Gasteiger partial charge in [-0.15, -0.1) is 0 Å². The van der Waals surface area contributed by atoms with Crippen molar-refractivity contribution in [3.8, 4) is 11.4 Å². The van der Waals surface area contributed by atoms with E-state index in [9.17, 15) is 10.1 Å². The van der Waals surface area contributed by atoms with Crippen molar-refractivity contribution >= 4 is 53.0 Å². The summed E-state index contributed by atoms with van der Waals surface area (Å²) in [5, 5.41) is 23.7. The van der Waals surface area contributed by atoms with Crippen molar-refractivity contribution in [3.63, 3.8) is 0 Å². The Hall–Kier alpha value is -2.75. The summed E-state index contributed by atoms with van der Waals surface area (Å²) in [6.07, 6.45) is 3.57. The minimum Gasteiger partial charge on any atom is -0.366 e. The van der Waals surface area contributed by atoms with Crippen molar-refractivity contribution in [3.05, 3.63) is 66.9 Å². The second-order valence-electron chi connectivity index (χ2n) is 6.73. The number of nitro benzene ring substituents is 1. The largest absolute Gasteiger partial charge is 0.366 e. The first kappa shape index (κ1) is 20.5. The number of benzene rings is 2. The molecule has 0 saturated carbocycles. The lowest BCUT2D eigenvalue weighted by Gasteiger charge is -2.17. The van der Waals surface area contributed by atoms with E-state index >= 15 is 0 Å². The van der Waals surface area contributed by atoms with Gasteiger partial charge in [-0.2, -0.15) is 14.9 Å². The second-order valence-corrected chi connectivity index (χ2v) is 7.96. The third-order valence-corrected chi connectivity index (χ3v) is 5.60. The minimum absolute atomic E-state index is 0.0533. The molecule has 0 aliphatic carbocycles. The summed E-state index contributed by atoms with van der Waals surface area (Å²) in [6, 6.07) is 10.1. The Morgan fingerprint density at radius 1 is 1.20 bits per heavy atom. The first-order chi connectivity index (χ1) is 14.4. The number of aromatic nitrogens is 3. The van der Waals surface area contributed by atoms with Gasteiger partial charge in [-0.05, 0) is 49.3 Å². The number of hydrogen-bond acceptors (Lipinski definition) is 6. The lowest BCUT2D eigenvalue weighted by molar-refractivity contribution is -0.384. The molecule has 1 aliphatic rings. The molecule has 0 bridgehead atoms. The zero-order valence-corrected chi connectivity index (χ0v) is 17.9. The zero-order chi connectivity index (χ0) is 21.3. The lowest BCUT2D eigenvalue weighted by Crippen LogP contribution is -2.19. The van der Waals surface area contributed by atoms with Gasteiger partial charge in [-0.25, -0.2) is 5.10 Å². The third-order valence-electron chi connectivity index (χ3n) is 4.79. The molecule has 0 amide bonds. The quantitative estimate of drug-likeness (QED) is 0.240. The van der Waals surface area contributed by atoms with Crippen LogP contribution in [0, 0.1) is 14.9 Å². The van der Waals surface area contributed by atoms with E-state index in [0.717, 1.165) is 25.9 Å². The van der Waals surface area contributed by atoms with Crippen LogP contribution in [0.4, 0.5) is 11.4 Å². The van der Waals surface area contributed by atoms with Crippen molar-refractivity contribution in [1.29, 1.82) is 0 Å². The zero-order valence-electron chi connectivity index (χ0n) is 15.6. The highest BCUT2D eigenvalue weighted by Gasteiger charge is 2.22. The number of halogens is 2. The van der Waals surface area contributed by atoms with Gasteiger partial charge in [0.2, 0.25) is 4.77 Å². The summed E-state index contributed by atoms with van der Waals surface area (Å²) in [6.45, 7) is 1.65. The fraction of sp³-hybridized carbons (Fsp3) is 0.211. The molecular formula is C19H16Cl2N6O2S. The molecule has 0 atom stereocenters. The van der Waals surface area contributed by atoms with E-state index in [1.54, 1.807) is 30.3 Å². The summed E-state index contributed by atoms with van der Waals surface area (Å²) in [4.78, 5) is 13.3. The van der Waals surface area contributed by atoms with E-state index in [0.29, 0.717) is 32.7 Å². The fourth-order valence-electron chi connectivity index (χ4n) is 3.36. The Labute approximate surface area is 186 Å². The Bertz CT molecular complexity index is 1200. The smallest absolute Gasteiger partial charge is 0.293 e. The highest BCUT2D eigenvalue weighted by molar-refractivity contribution is 7.71. The maximum Gasteiger partial charge on any atom is 0.293 e. The monoisotopic (exact) mass is 462 g/mol. The van der Waals surface area contributed by atoms with Crippen LogP contribution in [0.25, 0.3) is 11.4 Å². The van der Waals surface area contributed by atoms with E-state index in [1.807, 2.05) is 4.90 Å². The van der Waals surface area contributed by atoms with Crippen molar-refractivity contribution in [1.82, 2.24) is 14.9 Å². The maximum absolute atomic E-state index is 11.6. The highest BCUT2D eigenvalue weighted by atomic mass is 35.5. The summed E-state index contributed by atoms with van der Waals surface area (Å²) in [5.41, 5.74) is 1.85. The molecule has 1 saturated heterocycles. The molecule has 0 radical (unpaired) electrons. The molecule has 11 heteroatoms. The van der Waals surface area contributed by atoms with Gasteiger partial charge in [0.1, 0.15) is 5.69 Å². The molecule has 0 spiro atoms. The summed E-state index contributed by atoms with van der Waals surface area (Å²) >= 11 is 17.5. The van der Waals surface area contributed by atoms with Crippen molar-refractivity contribution in [2.75, 3.05) is 18.0 Å². The lowest BCUT2D eigenvalue weighted by atomic mass is 10.1. The van der Waals surface area contributed by atoms with Crippen LogP contribution < -0.4 is 4.90 Å². The van der Waals surface area contributed by atoms with Crippen molar-refractivity contribution in [2.24, 2.45) is 5.10 Å². The Kier molecular flexibility index (Phi) is 5.85. The predicted octanol–water partition coefficient (Wildman–Crippen LogP) is 5.31. The first-order valence-corrected chi connectivity index (χ1v) is 10.3. The normalized spacial score (nSPS) is 14.0. The van der Waals surface area contributed by atoms with Gasteiger partial charge in [-0.1, -0.05) is 29.3 Å². The molecule has 2 heterocycles. The van der Waals surface area contributed by atoms with E-state index < -0.39 is 0 Å². The highest BCUT2D eigenvalue weighted by Crippen LogP contribution is 2.32. The Balaban J connectivity index is 1.69. The topological polar surface area (TPSA) is 92.3 Å². The van der Waals surface area contributed by atoms with Crippen molar-refractivity contribution < 1.29 is 4.92 Å². The fourth-order valence-corrected chi connectivity index (χ4v) is 4.03. The van der Waals surface area contributed by atoms with Crippen LogP contribution in [0.3, 0.4) is 0 Å². The van der Waals surface area contributed by atoms with Gasteiger partial charge in [0.15, 0.2) is 5.82 Å². The van der Waals surface area contributed by atoms with Crippen LogP contribution in [0.1, 0.15) is 18.4 Å². The Morgan fingerprint density at radius 2 is 1.97 bits per heavy atom. The number of rotatable bonds is 5. The van der Waals surface area contributed by atoms with Crippen LogP contribution in [-0.4, -0.2) is 39.1 Å². The number of aromatic amines is 1. The van der Waals surface area contributed by atoms with Crippen LogP contribution in [0.2, 0.25) is 10.0 Å². The third kappa shape index (κ3) is 4.09. The van der Waals surface area contributed by atoms with E-state index in [1.165, 1.54) is 17.0 Å². The molecule has 0 unspecified atom stereocenters. The standard InChI is InChI=1S/C19H16Cl2N6O2S/c20-13-4-5-14(15(21)10-13)18-23-24-19(30)26(18)22-11-12-3-6-16(17(9-12)27(28)29)25-7-1-2-8-25/h3-6,9-11H,1-2,7-8H2,(H,24,30)/b22-11+. The molecule has 1 aromatic heterocycles. The molecule has 1 aliphatic heterocycles. The summed E-state index contributed by atoms with van der Waals surface area (Å²) in [7, 11) is 0. The van der Waals surface area contributed by atoms with Gasteiger partial charge in [0, 0.05) is 35.3 Å². The minimum atomic E-state index is -0.368. The summed E-state index contributed by atoms with van der Waals surface area (Å²) in [5.74, 6) is 0.404. The number of hydrogen-bond donors (Lipinski definition) is 1. The SMILES string of the molecule is O=[N+]([O-])c1cc(/C=N/n2c(-c3ccc(Cl)cc3Cl)n[nH]c2=S)ccc1N1CCCC1. The van der Waals surface area contributed by atoms with Gasteiger partial charge in [-0.3, -0.25) is 10.1 Å². The molecule has 154 valence electrons. The van der Waals surface area contributed by atoms with Crippen molar-refractivity contribution in [2.45, 2.75) is 12.8 Å². The molecule has 30 heavy (non-hydrogen) atoms. The van der Waals surface area contributed by atoms with E-state index in [2.05, 4.69) is 15.3 Å². The van der Waals surface area contributed by atoms with Crippen LogP contribution >= 0.6 is 35.4 Å². The predicted molar refractivity (Wildman–Crippen MR) is 120 cm³/mol. The second kappa shape index (κ2) is 8.55. The molecule has 2 aromatic carbocycles. The van der Waals surface area contributed by atoms with Crippen LogP contribution in [-0.2, 0) is 0 Å². The molecule has 4 rings (SSSR count). The number of anilines is 1. The summed E-state index contributed by atoms with van der Waals surface area (Å²) < 4.78 is 1.67. The van der Waals surface area contributed by atoms with Gasteiger partial charge in [0.25, 0.3) is 5.69 Å². The molecular weight excluding hydrogens is 447 g/mol. The number of nitrogens with one attached hydrogen (secondary N) is 1. The average molecular weight is 463 g/mol. The Morgan fingerprint density at radius 3 is 2.67 bits per heavy atom. The maximum atomic E-state index is 11.6. The van der Waals surface area contributed by atoms with Gasteiger partial charge < -0.3 is 4.90 Å². The molecule has 8 nitrogen and oxygen atoms in total. The van der Waals surface area contributed by atoms with Gasteiger partial charge in [0.05, 0.1) is 16.2 Å².